The minimum Gasteiger partial charge on any atom is -0.459 e. The third kappa shape index (κ3) is 4.73. The molecule has 32 heavy (non-hydrogen) atoms. The summed E-state index contributed by atoms with van der Waals surface area (Å²) in [7, 11) is 0. The molecule has 0 saturated carbocycles. The van der Waals surface area contributed by atoms with Crippen molar-refractivity contribution in [3.8, 4) is 11.4 Å². The van der Waals surface area contributed by atoms with Crippen molar-refractivity contribution < 1.29 is 18.9 Å². The number of anilines is 1. The van der Waals surface area contributed by atoms with Gasteiger partial charge in [0.25, 0.3) is 5.69 Å². The molecule has 0 saturated heterocycles. The monoisotopic (exact) mass is 449 g/mol. The van der Waals surface area contributed by atoms with Crippen LogP contribution in [-0.2, 0) is 4.79 Å². The van der Waals surface area contributed by atoms with E-state index in [2.05, 4.69) is 15.4 Å². The molecule has 2 heterocycles. The number of nitro groups is 1. The molecule has 0 bridgehead atoms. The van der Waals surface area contributed by atoms with Crippen LogP contribution in [0.25, 0.3) is 11.4 Å². The smallest absolute Gasteiger partial charge is 0.316 e. The molecule has 2 aromatic heterocycles. The first-order valence-corrected chi connectivity index (χ1v) is 10.3. The minimum absolute atomic E-state index is 0.0809. The predicted molar refractivity (Wildman–Crippen MR) is 116 cm³/mol. The molecule has 0 unspecified atom stereocenters. The maximum absolute atomic E-state index is 12.8. The lowest BCUT2D eigenvalue weighted by molar-refractivity contribution is -0.384. The van der Waals surface area contributed by atoms with E-state index in [0.717, 1.165) is 16.4 Å². The van der Waals surface area contributed by atoms with Gasteiger partial charge in [0.15, 0.2) is 16.7 Å². The number of hydrogen-bond acceptors (Lipinski definition) is 8. The molecule has 10 nitrogen and oxygen atoms in total. The largest absolute Gasteiger partial charge is 0.459 e. The first-order valence-electron chi connectivity index (χ1n) is 9.29. The number of benzene rings is 2. The molecule has 0 radical (unpaired) electrons. The van der Waals surface area contributed by atoms with E-state index >= 15 is 0 Å². The quantitative estimate of drug-likeness (QED) is 0.255. The van der Waals surface area contributed by atoms with Crippen molar-refractivity contribution in [2.45, 2.75) is 5.16 Å². The summed E-state index contributed by atoms with van der Waals surface area (Å²) in [6.45, 7) is 0. The fourth-order valence-corrected chi connectivity index (χ4v) is 3.49. The molecule has 160 valence electrons. The third-order valence-corrected chi connectivity index (χ3v) is 5.14. The van der Waals surface area contributed by atoms with E-state index in [1.165, 1.54) is 30.5 Å². The van der Waals surface area contributed by atoms with Gasteiger partial charge in [-0.2, -0.15) is 4.68 Å². The topological polar surface area (TPSA) is 133 Å². The maximum Gasteiger partial charge on any atom is 0.316 e. The van der Waals surface area contributed by atoms with Gasteiger partial charge in [0, 0.05) is 23.4 Å². The fraction of sp³-hybridized carbons (Fsp3) is 0.0476. The van der Waals surface area contributed by atoms with Crippen LogP contribution in [0.3, 0.4) is 0 Å². The summed E-state index contributed by atoms with van der Waals surface area (Å²) in [5.41, 5.74) is 0.871. The van der Waals surface area contributed by atoms with Crippen molar-refractivity contribution in [1.29, 1.82) is 0 Å². The summed E-state index contributed by atoms with van der Waals surface area (Å²) in [5.74, 6) is -0.631. The number of nitro benzene ring substituents is 1. The highest BCUT2D eigenvalue weighted by Gasteiger charge is 2.21. The standard InChI is InChI=1S/C21H15N5O5S/c27-18(22-15-8-4-9-16(12-15)26(29)30)13-32-21-23-19(14-6-2-1-3-7-14)24-25(21)20(28)17-10-5-11-31-17/h1-12H,13H2,(H,22,27). The lowest BCUT2D eigenvalue weighted by Gasteiger charge is -2.05. The molecule has 0 aliphatic carbocycles. The molecule has 0 fully saturated rings. The molecule has 2 aromatic carbocycles. The zero-order chi connectivity index (χ0) is 22.5. The predicted octanol–water partition coefficient (Wildman–Crippen LogP) is 3.87. The number of aromatic nitrogens is 3. The molecule has 1 amide bonds. The number of carbonyl (C=O) groups is 2. The van der Waals surface area contributed by atoms with Crippen LogP contribution in [0.4, 0.5) is 11.4 Å². The normalized spacial score (nSPS) is 10.6. The molecule has 0 spiro atoms. The van der Waals surface area contributed by atoms with Gasteiger partial charge in [-0.15, -0.1) is 5.10 Å². The summed E-state index contributed by atoms with van der Waals surface area (Å²) in [5, 5.41) is 18.0. The van der Waals surface area contributed by atoms with Crippen molar-refractivity contribution in [2.24, 2.45) is 0 Å². The van der Waals surface area contributed by atoms with Gasteiger partial charge in [0.05, 0.1) is 16.9 Å². The van der Waals surface area contributed by atoms with Gasteiger partial charge in [0.1, 0.15) is 0 Å². The van der Waals surface area contributed by atoms with Crippen molar-refractivity contribution in [1.82, 2.24) is 14.8 Å². The van der Waals surface area contributed by atoms with Crippen LogP contribution in [0.2, 0.25) is 0 Å². The number of rotatable bonds is 7. The van der Waals surface area contributed by atoms with Crippen LogP contribution in [0.15, 0.2) is 82.6 Å². The SMILES string of the molecule is O=C(CSc1nc(-c2ccccc2)nn1C(=O)c1ccco1)Nc1cccc([N+](=O)[O-])c1. The van der Waals surface area contributed by atoms with E-state index in [-0.39, 0.29) is 22.4 Å². The molecule has 0 aliphatic heterocycles. The van der Waals surface area contributed by atoms with Gasteiger partial charge in [-0.3, -0.25) is 19.7 Å². The first kappa shape index (κ1) is 21.0. The Balaban J connectivity index is 1.53. The lowest BCUT2D eigenvalue weighted by Crippen LogP contribution is -2.17. The van der Waals surface area contributed by atoms with Gasteiger partial charge in [-0.05, 0) is 18.2 Å². The number of non-ortho nitro benzene ring substituents is 1. The lowest BCUT2D eigenvalue weighted by atomic mass is 10.2. The van der Waals surface area contributed by atoms with Gasteiger partial charge in [-0.1, -0.05) is 48.2 Å². The molecule has 1 N–H and O–H groups in total. The van der Waals surface area contributed by atoms with Crippen LogP contribution >= 0.6 is 11.8 Å². The van der Waals surface area contributed by atoms with Gasteiger partial charge in [0.2, 0.25) is 5.91 Å². The Hall–Kier alpha value is -4.25. The van der Waals surface area contributed by atoms with Gasteiger partial charge in [-0.25, -0.2) is 4.98 Å². The van der Waals surface area contributed by atoms with Gasteiger partial charge < -0.3 is 9.73 Å². The molecule has 0 atom stereocenters. The summed E-state index contributed by atoms with van der Waals surface area (Å²) in [4.78, 5) is 40.0. The van der Waals surface area contributed by atoms with Crippen LogP contribution < -0.4 is 5.32 Å². The second-order valence-electron chi connectivity index (χ2n) is 6.42. The van der Waals surface area contributed by atoms with Crippen LogP contribution in [-0.4, -0.2) is 37.3 Å². The highest BCUT2D eigenvalue weighted by Crippen LogP contribution is 2.23. The van der Waals surface area contributed by atoms with Crippen molar-refractivity contribution in [2.75, 3.05) is 11.1 Å². The number of furan rings is 1. The summed E-state index contributed by atoms with van der Waals surface area (Å²) >= 11 is 1.01. The van der Waals surface area contributed by atoms with Crippen LogP contribution in [0.1, 0.15) is 10.6 Å². The zero-order valence-electron chi connectivity index (χ0n) is 16.4. The average Bonchev–Trinajstić information content (AvgIpc) is 3.48. The Bertz CT molecular complexity index is 1270. The van der Waals surface area contributed by atoms with Crippen LogP contribution in [0.5, 0.6) is 0 Å². The molecular weight excluding hydrogens is 434 g/mol. The maximum atomic E-state index is 12.8. The first-order chi connectivity index (χ1) is 15.5. The van der Waals surface area contributed by atoms with Crippen molar-refractivity contribution in [3.63, 3.8) is 0 Å². The van der Waals surface area contributed by atoms with Gasteiger partial charge >= 0.3 is 5.91 Å². The molecule has 11 heteroatoms. The Morgan fingerprint density at radius 3 is 2.62 bits per heavy atom. The summed E-state index contributed by atoms with van der Waals surface area (Å²) < 4.78 is 6.26. The molecular formula is C21H15N5O5S. The van der Waals surface area contributed by atoms with Crippen molar-refractivity contribution in [3.05, 3.63) is 88.9 Å². The number of carbonyl (C=O) groups excluding carboxylic acids is 2. The van der Waals surface area contributed by atoms with E-state index in [9.17, 15) is 19.7 Å². The average molecular weight is 449 g/mol. The Morgan fingerprint density at radius 1 is 1.09 bits per heavy atom. The number of thioether (sulfide) groups is 1. The third-order valence-electron chi connectivity index (χ3n) is 4.21. The zero-order valence-corrected chi connectivity index (χ0v) is 17.2. The Morgan fingerprint density at radius 2 is 1.91 bits per heavy atom. The van der Waals surface area contributed by atoms with E-state index in [0.29, 0.717) is 17.1 Å². The molecule has 4 aromatic rings. The van der Waals surface area contributed by atoms with E-state index in [1.54, 1.807) is 24.3 Å². The van der Waals surface area contributed by atoms with E-state index in [4.69, 9.17) is 4.42 Å². The number of nitrogens with zero attached hydrogens (tertiary/aromatic N) is 4. The molecule has 4 rings (SSSR count). The summed E-state index contributed by atoms with van der Waals surface area (Å²) in [6, 6.07) is 17.8. The second-order valence-corrected chi connectivity index (χ2v) is 7.37. The van der Waals surface area contributed by atoms with E-state index in [1.807, 2.05) is 18.2 Å². The second kappa shape index (κ2) is 9.27. The highest BCUT2D eigenvalue weighted by atomic mass is 32.2. The van der Waals surface area contributed by atoms with Crippen molar-refractivity contribution >= 4 is 35.0 Å². The summed E-state index contributed by atoms with van der Waals surface area (Å²) in [6.07, 6.45) is 1.38. The highest BCUT2D eigenvalue weighted by molar-refractivity contribution is 7.99. The number of nitrogens with one attached hydrogen (secondary N) is 1. The Labute approximate surface area is 185 Å². The number of hydrogen-bond donors (Lipinski definition) is 1. The fourth-order valence-electron chi connectivity index (χ4n) is 2.76. The minimum atomic E-state index is -0.543. The van der Waals surface area contributed by atoms with E-state index < -0.39 is 16.7 Å². The van der Waals surface area contributed by atoms with Crippen LogP contribution in [0, 0.1) is 10.1 Å². The molecule has 0 aliphatic rings. The Kier molecular flexibility index (Phi) is 6.08. The number of amides is 1.